The minimum atomic E-state index is -0.843. The molecule has 0 aliphatic rings. The van der Waals surface area contributed by atoms with Gasteiger partial charge in [0.05, 0.1) is 7.11 Å². The summed E-state index contributed by atoms with van der Waals surface area (Å²) < 4.78 is 5.39. The van der Waals surface area contributed by atoms with E-state index in [0.717, 1.165) is 22.4 Å². The molecule has 2 rings (SSSR count). The number of rotatable bonds is 7. The number of nitrogens with one attached hydrogen (secondary N) is 1. The summed E-state index contributed by atoms with van der Waals surface area (Å²) in [5.74, 6) is -0.102. The van der Waals surface area contributed by atoms with E-state index in [0.29, 0.717) is 6.54 Å². The summed E-state index contributed by atoms with van der Waals surface area (Å²) in [6.45, 7) is 4.20. The summed E-state index contributed by atoms with van der Waals surface area (Å²) in [5.41, 5.74) is 3.03. The monoisotopic (exact) mass is 314 g/mol. The van der Waals surface area contributed by atoms with E-state index in [9.17, 15) is 9.90 Å². The van der Waals surface area contributed by atoms with Crippen LogP contribution in [0.3, 0.4) is 0 Å². The van der Waals surface area contributed by atoms with E-state index in [-0.39, 0.29) is 5.92 Å². The molecule has 122 valence electrons. The topological polar surface area (TPSA) is 71.5 Å². The maximum absolute atomic E-state index is 11.3. The van der Waals surface area contributed by atoms with Gasteiger partial charge in [0.25, 0.3) is 0 Å². The number of benzene rings is 1. The van der Waals surface area contributed by atoms with Crippen LogP contribution in [0, 0.1) is 5.92 Å². The van der Waals surface area contributed by atoms with Crippen molar-refractivity contribution >= 4 is 5.97 Å². The molecule has 0 radical (unpaired) electrons. The summed E-state index contributed by atoms with van der Waals surface area (Å²) in [6, 6.07) is 9.18. The average molecular weight is 314 g/mol. The fourth-order valence-electron chi connectivity index (χ4n) is 2.47. The van der Waals surface area contributed by atoms with Crippen LogP contribution >= 0.6 is 0 Å². The van der Waals surface area contributed by atoms with Crippen molar-refractivity contribution in [1.82, 2.24) is 10.3 Å². The normalized spacial score (nSPS) is 12.2. The zero-order chi connectivity index (χ0) is 16.8. The number of carboxylic acid groups (broad SMARTS) is 1. The number of aliphatic carboxylic acids is 1. The zero-order valence-corrected chi connectivity index (χ0v) is 13.6. The summed E-state index contributed by atoms with van der Waals surface area (Å²) in [6.07, 6.45) is 3.49. The second kappa shape index (κ2) is 7.74. The summed E-state index contributed by atoms with van der Waals surface area (Å²) >= 11 is 0. The molecule has 0 spiro atoms. The Hall–Kier alpha value is -2.40. The van der Waals surface area contributed by atoms with Gasteiger partial charge in [-0.3, -0.25) is 15.1 Å². The second-order valence-corrected chi connectivity index (χ2v) is 5.70. The lowest BCUT2D eigenvalue weighted by molar-refractivity contribution is -0.140. The first-order valence-corrected chi connectivity index (χ1v) is 7.56. The Bertz CT molecular complexity index is 657. The first kappa shape index (κ1) is 17.0. The predicted molar refractivity (Wildman–Crippen MR) is 89.3 cm³/mol. The van der Waals surface area contributed by atoms with Crippen molar-refractivity contribution in [3.8, 4) is 16.9 Å². The second-order valence-electron chi connectivity index (χ2n) is 5.70. The van der Waals surface area contributed by atoms with Crippen LogP contribution in [0.2, 0.25) is 0 Å². The van der Waals surface area contributed by atoms with E-state index in [1.807, 2.05) is 44.2 Å². The molecule has 0 unspecified atom stereocenters. The third-order valence-electron chi connectivity index (χ3n) is 3.74. The molecule has 23 heavy (non-hydrogen) atoms. The van der Waals surface area contributed by atoms with Gasteiger partial charge >= 0.3 is 5.97 Å². The Balaban J connectivity index is 2.24. The molecule has 0 fully saturated rings. The van der Waals surface area contributed by atoms with Gasteiger partial charge in [-0.25, -0.2) is 0 Å². The van der Waals surface area contributed by atoms with Gasteiger partial charge in [0.15, 0.2) is 0 Å². The largest absolute Gasteiger partial charge is 0.496 e. The summed E-state index contributed by atoms with van der Waals surface area (Å²) in [4.78, 5) is 15.3. The van der Waals surface area contributed by atoms with Gasteiger partial charge in [-0.15, -0.1) is 0 Å². The Morgan fingerprint density at radius 3 is 2.48 bits per heavy atom. The first-order chi connectivity index (χ1) is 11.0. The smallest absolute Gasteiger partial charge is 0.320 e. The van der Waals surface area contributed by atoms with Crippen LogP contribution in [-0.2, 0) is 11.3 Å². The molecule has 1 aromatic carbocycles. The number of pyridine rings is 1. The Kier molecular flexibility index (Phi) is 5.71. The van der Waals surface area contributed by atoms with Crippen LogP contribution in [-0.4, -0.2) is 29.2 Å². The van der Waals surface area contributed by atoms with E-state index in [2.05, 4.69) is 10.3 Å². The average Bonchev–Trinajstić information content (AvgIpc) is 2.55. The lowest BCUT2D eigenvalue weighted by atomic mass is 10.0. The molecular formula is C18H22N2O3. The molecule has 2 N–H and O–H groups in total. The van der Waals surface area contributed by atoms with Gasteiger partial charge in [0, 0.05) is 24.5 Å². The maximum Gasteiger partial charge on any atom is 0.320 e. The van der Waals surface area contributed by atoms with E-state index >= 15 is 0 Å². The van der Waals surface area contributed by atoms with Gasteiger partial charge in [-0.1, -0.05) is 19.9 Å². The van der Waals surface area contributed by atoms with Crippen LogP contribution in [0.4, 0.5) is 0 Å². The van der Waals surface area contributed by atoms with E-state index < -0.39 is 12.0 Å². The molecule has 1 heterocycles. The van der Waals surface area contributed by atoms with Crippen LogP contribution in [0.5, 0.6) is 5.75 Å². The van der Waals surface area contributed by atoms with Crippen molar-refractivity contribution in [1.29, 1.82) is 0 Å². The number of nitrogens with zero attached hydrogens (tertiary/aromatic N) is 1. The molecule has 5 heteroatoms. The molecule has 0 saturated carbocycles. The van der Waals surface area contributed by atoms with Crippen molar-refractivity contribution in [2.24, 2.45) is 5.92 Å². The van der Waals surface area contributed by atoms with Crippen molar-refractivity contribution < 1.29 is 14.6 Å². The fourth-order valence-corrected chi connectivity index (χ4v) is 2.47. The van der Waals surface area contributed by atoms with Crippen LogP contribution in [0.25, 0.3) is 11.1 Å². The Morgan fingerprint density at radius 1 is 1.22 bits per heavy atom. The summed E-state index contributed by atoms with van der Waals surface area (Å²) in [5, 5.41) is 12.4. The minimum Gasteiger partial charge on any atom is -0.496 e. The number of methoxy groups -OCH3 is 1. The predicted octanol–water partition coefficient (Wildman–Crippen LogP) is 2.96. The number of hydrogen-bond donors (Lipinski definition) is 2. The molecule has 0 bridgehead atoms. The van der Waals surface area contributed by atoms with Gasteiger partial charge in [-0.2, -0.15) is 0 Å². The standard InChI is InChI=1S/C18H22N2O3/c1-12(2)17(18(21)22)20-11-15-10-14(4-5-16(15)23-3)13-6-8-19-9-7-13/h4-10,12,17,20H,11H2,1-3H3,(H,21,22)/t17-/m0/s1. The van der Waals surface area contributed by atoms with Crippen LogP contribution in [0.1, 0.15) is 19.4 Å². The first-order valence-electron chi connectivity index (χ1n) is 7.56. The molecule has 0 aliphatic carbocycles. The number of ether oxygens (including phenoxy) is 1. The molecule has 0 amide bonds. The van der Waals surface area contributed by atoms with E-state index in [4.69, 9.17) is 4.74 Å². The van der Waals surface area contributed by atoms with Crippen LogP contribution in [0.15, 0.2) is 42.7 Å². The van der Waals surface area contributed by atoms with Gasteiger partial charge < -0.3 is 9.84 Å². The third kappa shape index (κ3) is 4.29. The van der Waals surface area contributed by atoms with Crippen molar-refractivity contribution in [3.05, 3.63) is 48.3 Å². The third-order valence-corrected chi connectivity index (χ3v) is 3.74. The lowest BCUT2D eigenvalue weighted by Crippen LogP contribution is -2.40. The van der Waals surface area contributed by atoms with Crippen molar-refractivity contribution in [2.45, 2.75) is 26.4 Å². The van der Waals surface area contributed by atoms with E-state index in [1.54, 1.807) is 19.5 Å². The number of aromatic nitrogens is 1. The molecule has 0 aliphatic heterocycles. The molecule has 2 aromatic rings. The van der Waals surface area contributed by atoms with Crippen molar-refractivity contribution in [2.75, 3.05) is 7.11 Å². The minimum absolute atomic E-state index is 0.00174. The molecule has 1 atom stereocenters. The maximum atomic E-state index is 11.3. The van der Waals surface area contributed by atoms with Crippen molar-refractivity contribution in [3.63, 3.8) is 0 Å². The number of carbonyl (C=O) groups is 1. The highest BCUT2D eigenvalue weighted by Crippen LogP contribution is 2.26. The fraction of sp³-hybridized carbons (Fsp3) is 0.333. The molecule has 0 saturated heterocycles. The van der Waals surface area contributed by atoms with Gasteiger partial charge in [-0.05, 0) is 41.3 Å². The lowest BCUT2D eigenvalue weighted by Gasteiger charge is -2.19. The highest BCUT2D eigenvalue weighted by Gasteiger charge is 2.21. The van der Waals surface area contributed by atoms with Gasteiger partial charge in [0.1, 0.15) is 11.8 Å². The molecule has 1 aromatic heterocycles. The number of carboxylic acids is 1. The molecular weight excluding hydrogens is 292 g/mol. The highest BCUT2D eigenvalue weighted by atomic mass is 16.5. The van der Waals surface area contributed by atoms with Crippen LogP contribution < -0.4 is 10.1 Å². The molecule has 5 nitrogen and oxygen atoms in total. The SMILES string of the molecule is COc1ccc(-c2ccncc2)cc1CN[C@H](C(=O)O)C(C)C. The zero-order valence-electron chi connectivity index (χ0n) is 13.6. The quantitative estimate of drug-likeness (QED) is 0.822. The number of hydrogen-bond acceptors (Lipinski definition) is 4. The van der Waals surface area contributed by atoms with E-state index in [1.165, 1.54) is 0 Å². The summed E-state index contributed by atoms with van der Waals surface area (Å²) in [7, 11) is 1.61. The Morgan fingerprint density at radius 2 is 1.91 bits per heavy atom. The highest BCUT2D eigenvalue weighted by molar-refractivity contribution is 5.73. The Labute approximate surface area is 136 Å². The van der Waals surface area contributed by atoms with Gasteiger partial charge in [0.2, 0.25) is 0 Å².